The lowest BCUT2D eigenvalue weighted by Gasteiger charge is -2.06. The van der Waals surface area contributed by atoms with Crippen LogP contribution in [0.2, 0.25) is 0 Å². The minimum absolute atomic E-state index is 0.232. The Kier molecular flexibility index (Phi) is 3.58. The molecular formula is C18H15N3O3S. The van der Waals surface area contributed by atoms with Crippen molar-refractivity contribution in [2.45, 2.75) is 13.3 Å². The van der Waals surface area contributed by atoms with Gasteiger partial charge in [-0.05, 0) is 42.8 Å². The normalized spacial score (nSPS) is 11.2. The lowest BCUT2D eigenvalue weighted by atomic mass is 10.2. The molecule has 0 amide bonds. The molecule has 2 aromatic carbocycles. The number of thiazole rings is 1. The number of nitrogen functional groups attached to an aromatic ring is 1. The Bertz CT molecular complexity index is 1100. The van der Waals surface area contributed by atoms with E-state index in [1.165, 1.54) is 11.3 Å². The number of carboxylic acids is 1. The Morgan fingerprint density at radius 3 is 2.64 bits per heavy atom. The smallest absolute Gasteiger partial charge is 0.354 e. The third kappa shape index (κ3) is 2.58. The summed E-state index contributed by atoms with van der Waals surface area (Å²) in [6.07, 6.45) is 0.579. The fourth-order valence-electron chi connectivity index (χ4n) is 2.80. The van der Waals surface area contributed by atoms with Gasteiger partial charge in [0, 0.05) is 11.8 Å². The first-order valence-corrected chi connectivity index (χ1v) is 8.59. The van der Waals surface area contributed by atoms with Gasteiger partial charge >= 0.3 is 5.97 Å². The minimum atomic E-state index is -0.966. The largest absolute Gasteiger partial charge is 0.477 e. The summed E-state index contributed by atoms with van der Waals surface area (Å²) in [5, 5.41) is 9.54. The number of nitrogens with two attached hydrogens (primary N) is 1. The van der Waals surface area contributed by atoms with Gasteiger partial charge in [0.1, 0.15) is 11.5 Å². The molecule has 0 bridgehead atoms. The van der Waals surface area contributed by atoms with Gasteiger partial charge in [0.2, 0.25) is 0 Å². The monoisotopic (exact) mass is 353 g/mol. The molecule has 25 heavy (non-hydrogen) atoms. The molecule has 0 aliphatic rings. The highest BCUT2D eigenvalue weighted by atomic mass is 32.1. The van der Waals surface area contributed by atoms with Gasteiger partial charge in [-0.15, -0.1) is 0 Å². The van der Waals surface area contributed by atoms with Gasteiger partial charge in [-0.25, -0.2) is 9.78 Å². The molecule has 4 rings (SSSR count). The number of fused-ring (bicyclic) bond motifs is 3. The standard InChI is InChI=1S/C18H15N3O3S/c1-2-13-16(17(22)23)21-14-8-7-12(9-15(14)25-18(21)20-13)24-11-5-3-10(19)4-6-11/h3-9H,2,19H2,1H3,(H,22,23). The topological polar surface area (TPSA) is 89.9 Å². The molecule has 0 unspecified atom stereocenters. The summed E-state index contributed by atoms with van der Waals surface area (Å²) in [5.41, 5.74) is 8.00. The summed E-state index contributed by atoms with van der Waals surface area (Å²) >= 11 is 1.45. The number of ether oxygens (including phenoxy) is 1. The van der Waals surface area contributed by atoms with E-state index < -0.39 is 5.97 Å². The van der Waals surface area contributed by atoms with E-state index in [2.05, 4.69) is 4.98 Å². The number of rotatable bonds is 4. The minimum Gasteiger partial charge on any atom is -0.477 e. The first-order chi connectivity index (χ1) is 12.1. The van der Waals surface area contributed by atoms with E-state index >= 15 is 0 Å². The number of aromatic carboxylic acids is 1. The zero-order chi connectivity index (χ0) is 17.6. The molecule has 2 heterocycles. The molecule has 0 spiro atoms. The second-order valence-corrected chi connectivity index (χ2v) is 6.60. The average molecular weight is 353 g/mol. The van der Waals surface area contributed by atoms with E-state index in [-0.39, 0.29) is 5.69 Å². The molecule has 0 fully saturated rings. The SMILES string of the molecule is CCc1nc2sc3cc(Oc4ccc(N)cc4)ccc3n2c1C(=O)O. The van der Waals surface area contributed by atoms with Crippen molar-refractivity contribution >= 4 is 38.2 Å². The summed E-state index contributed by atoms with van der Waals surface area (Å²) in [6, 6.07) is 12.7. The molecule has 6 nitrogen and oxygen atoms in total. The van der Waals surface area contributed by atoms with Gasteiger partial charge < -0.3 is 15.6 Å². The van der Waals surface area contributed by atoms with Gasteiger partial charge in [-0.2, -0.15) is 0 Å². The van der Waals surface area contributed by atoms with Crippen molar-refractivity contribution in [3.63, 3.8) is 0 Å². The van der Waals surface area contributed by atoms with E-state index in [0.717, 1.165) is 10.2 Å². The first-order valence-electron chi connectivity index (χ1n) is 7.77. The molecule has 0 atom stereocenters. The molecular weight excluding hydrogens is 338 g/mol. The Morgan fingerprint density at radius 2 is 1.96 bits per heavy atom. The van der Waals surface area contributed by atoms with E-state index in [9.17, 15) is 9.90 Å². The van der Waals surface area contributed by atoms with Gasteiger partial charge in [0.05, 0.1) is 15.9 Å². The van der Waals surface area contributed by atoms with E-state index in [1.807, 2.05) is 25.1 Å². The number of aryl methyl sites for hydroxylation is 1. The molecule has 0 aliphatic carbocycles. The number of benzene rings is 2. The number of nitrogens with zero attached hydrogens (tertiary/aromatic N) is 2. The molecule has 0 saturated carbocycles. The van der Waals surface area contributed by atoms with Crippen molar-refractivity contribution in [2.24, 2.45) is 0 Å². The van der Waals surface area contributed by atoms with Crippen molar-refractivity contribution in [3.05, 3.63) is 53.9 Å². The summed E-state index contributed by atoms with van der Waals surface area (Å²) in [4.78, 5) is 16.8. The summed E-state index contributed by atoms with van der Waals surface area (Å²) in [5.74, 6) is 0.398. The third-order valence-corrected chi connectivity index (χ3v) is 4.95. The maximum Gasteiger partial charge on any atom is 0.354 e. The van der Waals surface area contributed by atoms with Crippen molar-refractivity contribution in [2.75, 3.05) is 5.73 Å². The van der Waals surface area contributed by atoms with Gasteiger partial charge in [0.15, 0.2) is 10.7 Å². The molecule has 126 valence electrons. The second-order valence-electron chi connectivity index (χ2n) is 5.59. The van der Waals surface area contributed by atoms with Crippen LogP contribution in [0.25, 0.3) is 15.2 Å². The van der Waals surface area contributed by atoms with E-state index in [4.69, 9.17) is 10.5 Å². The van der Waals surface area contributed by atoms with Crippen LogP contribution < -0.4 is 10.5 Å². The summed E-state index contributed by atoms with van der Waals surface area (Å²) in [7, 11) is 0. The molecule has 0 radical (unpaired) electrons. The Hall–Kier alpha value is -3.06. The highest BCUT2D eigenvalue weighted by Crippen LogP contribution is 2.33. The Balaban J connectivity index is 1.80. The molecule has 2 aromatic heterocycles. The van der Waals surface area contributed by atoms with E-state index in [0.29, 0.717) is 34.3 Å². The van der Waals surface area contributed by atoms with Crippen LogP contribution in [0, 0.1) is 0 Å². The van der Waals surface area contributed by atoms with Crippen molar-refractivity contribution < 1.29 is 14.6 Å². The second kappa shape index (κ2) is 5.78. The molecule has 3 N–H and O–H groups in total. The number of hydrogen-bond acceptors (Lipinski definition) is 5. The number of hydrogen-bond donors (Lipinski definition) is 2. The van der Waals surface area contributed by atoms with Crippen molar-refractivity contribution in [1.29, 1.82) is 0 Å². The van der Waals surface area contributed by atoms with Crippen LogP contribution in [-0.2, 0) is 6.42 Å². The quantitative estimate of drug-likeness (QED) is 0.537. The lowest BCUT2D eigenvalue weighted by Crippen LogP contribution is -2.04. The maximum atomic E-state index is 11.6. The number of carbonyl (C=O) groups is 1. The summed E-state index contributed by atoms with van der Waals surface area (Å²) in [6.45, 7) is 1.90. The van der Waals surface area contributed by atoms with Crippen molar-refractivity contribution in [3.8, 4) is 11.5 Å². The summed E-state index contributed by atoms with van der Waals surface area (Å²) < 4.78 is 8.46. The van der Waals surface area contributed by atoms with Crippen LogP contribution in [0.1, 0.15) is 23.1 Å². The Labute approximate surface area is 147 Å². The number of carboxylic acid groups (broad SMARTS) is 1. The molecule has 7 heteroatoms. The highest BCUT2D eigenvalue weighted by molar-refractivity contribution is 7.23. The first kappa shape index (κ1) is 15.5. The van der Waals surface area contributed by atoms with Crippen LogP contribution in [0.3, 0.4) is 0 Å². The van der Waals surface area contributed by atoms with E-state index in [1.54, 1.807) is 28.7 Å². The fourth-order valence-corrected chi connectivity index (χ4v) is 3.87. The zero-order valence-electron chi connectivity index (χ0n) is 13.4. The number of anilines is 1. The van der Waals surface area contributed by atoms with Crippen molar-refractivity contribution in [1.82, 2.24) is 9.38 Å². The van der Waals surface area contributed by atoms with Crippen LogP contribution in [0.5, 0.6) is 11.5 Å². The Morgan fingerprint density at radius 1 is 1.24 bits per heavy atom. The molecule has 4 aromatic rings. The highest BCUT2D eigenvalue weighted by Gasteiger charge is 2.21. The number of aromatic nitrogens is 2. The van der Waals surface area contributed by atoms with Crippen LogP contribution in [-0.4, -0.2) is 20.5 Å². The predicted octanol–water partition coefficient (Wildman–Crippen LogP) is 4.18. The lowest BCUT2D eigenvalue weighted by molar-refractivity contribution is 0.0688. The third-order valence-electron chi connectivity index (χ3n) is 3.95. The van der Waals surface area contributed by atoms with Crippen LogP contribution in [0.4, 0.5) is 5.69 Å². The predicted molar refractivity (Wildman–Crippen MR) is 97.8 cm³/mol. The molecule has 0 aliphatic heterocycles. The van der Waals surface area contributed by atoms with Gasteiger partial charge in [-0.1, -0.05) is 18.3 Å². The van der Waals surface area contributed by atoms with Crippen LogP contribution in [0.15, 0.2) is 42.5 Å². The van der Waals surface area contributed by atoms with Crippen LogP contribution >= 0.6 is 11.3 Å². The van der Waals surface area contributed by atoms with Gasteiger partial charge in [0.25, 0.3) is 0 Å². The number of imidazole rings is 1. The molecule has 0 saturated heterocycles. The average Bonchev–Trinajstić information content (AvgIpc) is 3.11. The fraction of sp³-hybridized carbons (Fsp3) is 0.111. The van der Waals surface area contributed by atoms with Gasteiger partial charge in [-0.3, -0.25) is 4.40 Å². The maximum absolute atomic E-state index is 11.6. The zero-order valence-corrected chi connectivity index (χ0v) is 14.2.